The summed E-state index contributed by atoms with van der Waals surface area (Å²) >= 11 is 7.43. The molecule has 13 heteroatoms. The van der Waals surface area contributed by atoms with E-state index in [1.54, 1.807) is 44.2 Å². The first-order valence-corrected chi connectivity index (χ1v) is 14.2. The number of aromatic nitrogens is 1. The van der Waals surface area contributed by atoms with Crippen molar-refractivity contribution in [2.45, 2.75) is 26.3 Å². The normalized spacial score (nSPS) is 14.7. The first kappa shape index (κ1) is 29.8. The highest BCUT2D eigenvalue weighted by Crippen LogP contribution is 2.42. The van der Waals surface area contributed by atoms with Crippen LogP contribution in [0.2, 0.25) is 5.02 Å². The predicted octanol–water partition coefficient (Wildman–Crippen LogP) is 5.06. The van der Waals surface area contributed by atoms with E-state index in [9.17, 15) is 19.7 Å². The van der Waals surface area contributed by atoms with E-state index in [4.69, 9.17) is 30.2 Å². The van der Waals surface area contributed by atoms with E-state index >= 15 is 0 Å². The lowest BCUT2D eigenvalue weighted by Crippen LogP contribution is -2.39. The van der Waals surface area contributed by atoms with Crippen LogP contribution in [0, 0.1) is 10.1 Å². The van der Waals surface area contributed by atoms with Gasteiger partial charge in [-0.25, -0.2) is 4.99 Å². The van der Waals surface area contributed by atoms with Gasteiger partial charge < -0.3 is 18.6 Å². The van der Waals surface area contributed by atoms with Gasteiger partial charge in [0.25, 0.3) is 11.2 Å². The lowest BCUT2D eigenvalue weighted by atomic mass is 9.91. The zero-order valence-corrected chi connectivity index (χ0v) is 25.4. The quantitative estimate of drug-likeness (QED) is 0.186. The Kier molecular flexibility index (Phi) is 8.25. The van der Waals surface area contributed by atoms with Gasteiger partial charge in [-0.2, -0.15) is 0 Å². The van der Waals surface area contributed by atoms with Crippen molar-refractivity contribution in [2.75, 3.05) is 21.3 Å². The Hall–Kier alpha value is -4.68. The fourth-order valence-electron chi connectivity index (χ4n) is 4.96. The number of allylic oxidation sites excluding steroid dienone is 2. The van der Waals surface area contributed by atoms with Crippen LogP contribution < -0.4 is 29.1 Å². The molecular weight excluding hydrogens is 598 g/mol. The van der Waals surface area contributed by atoms with E-state index in [0.29, 0.717) is 60.5 Å². The topological polar surface area (TPSA) is 135 Å². The number of fused-ring (bicyclic) bond motifs is 1. The maximum absolute atomic E-state index is 14.0. The predicted molar refractivity (Wildman–Crippen MR) is 161 cm³/mol. The molecule has 0 radical (unpaired) electrons. The van der Waals surface area contributed by atoms with Crippen molar-refractivity contribution >= 4 is 40.5 Å². The van der Waals surface area contributed by atoms with Crippen molar-refractivity contribution in [1.82, 2.24) is 4.57 Å². The summed E-state index contributed by atoms with van der Waals surface area (Å²) in [6.45, 7) is 3.49. The molecule has 0 saturated heterocycles. The lowest BCUT2D eigenvalue weighted by Gasteiger charge is -2.26. The summed E-state index contributed by atoms with van der Waals surface area (Å²) < 4.78 is 24.3. The monoisotopic (exact) mass is 623 g/mol. The summed E-state index contributed by atoms with van der Waals surface area (Å²) in [5, 5.41) is 11.5. The number of carbonyl (C=O) groups excluding carboxylic acids is 1. The van der Waals surface area contributed by atoms with Crippen LogP contribution in [0.4, 0.5) is 5.69 Å². The number of non-ortho nitro benzene ring substituents is 1. The third-order valence-electron chi connectivity index (χ3n) is 6.97. The Bertz CT molecular complexity index is 1960. The molecular formula is C30H26ClN3O8S. The number of Topliss-reactive ketones (excluding diaryl/α,β-unsaturated/α-hetero) is 1. The van der Waals surface area contributed by atoms with Gasteiger partial charge in [-0.1, -0.05) is 29.9 Å². The van der Waals surface area contributed by atoms with Crippen molar-refractivity contribution < 1.29 is 28.3 Å². The number of rotatable bonds is 9. The maximum Gasteiger partial charge on any atom is 0.271 e. The lowest BCUT2D eigenvalue weighted by molar-refractivity contribution is -0.384. The van der Waals surface area contributed by atoms with Gasteiger partial charge in [0, 0.05) is 41.5 Å². The number of methoxy groups -OCH3 is 3. The number of nitro benzene ring substituents is 1. The number of hydrogen-bond donors (Lipinski definition) is 0. The number of ketones is 1. The second-order valence-electron chi connectivity index (χ2n) is 9.44. The van der Waals surface area contributed by atoms with Gasteiger partial charge in [-0.15, -0.1) is 0 Å². The van der Waals surface area contributed by atoms with Gasteiger partial charge in [-0.05, 0) is 42.8 Å². The summed E-state index contributed by atoms with van der Waals surface area (Å²) in [6, 6.07) is 9.93. The molecule has 2 aromatic heterocycles. The summed E-state index contributed by atoms with van der Waals surface area (Å²) in [5.74, 6) is 1.60. The molecule has 0 fully saturated rings. The Balaban J connectivity index is 1.68. The minimum absolute atomic E-state index is 0.134. The zero-order valence-electron chi connectivity index (χ0n) is 23.8. The molecule has 2 aromatic carbocycles. The van der Waals surface area contributed by atoms with Crippen LogP contribution in [0.15, 0.2) is 67.9 Å². The highest BCUT2D eigenvalue weighted by molar-refractivity contribution is 7.07. The fourth-order valence-corrected chi connectivity index (χ4v) is 6.20. The van der Waals surface area contributed by atoms with Crippen molar-refractivity contribution in [2.24, 2.45) is 4.99 Å². The SMILES string of the molecule is CCC(=O)C1=C(C)N=c2s/c(=C\c3ccc(-c4cc([N+](=O)[O-])ccc4Cl)o3)c(=O)n2C1c1cc(OC)c(OC)c(OC)c1. The molecule has 0 saturated carbocycles. The molecule has 0 N–H and O–H groups in total. The van der Waals surface area contributed by atoms with Gasteiger partial charge in [-0.3, -0.25) is 24.3 Å². The van der Waals surface area contributed by atoms with Gasteiger partial charge >= 0.3 is 0 Å². The van der Waals surface area contributed by atoms with Crippen LogP contribution in [0.1, 0.15) is 37.6 Å². The Labute approximate surface area is 254 Å². The Morgan fingerprint density at radius 2 is 1.84 bits per heavy atom. The van der Waals surface area contributed by atoms with E-state index in [0.717, 1.165) is 11.3 Å². The molecule has 1 unspecified atom stereocenters. The van der Waals surface area contributed by atoms with E-state index in [2.05, 4.69) is 4.99 Å². The molecule has 1 atom stereocenters. The number of nitro groups is 1. The first-order valence-electron chi connectivity index (χ1n) is 13.0. The van der Waals surface area contributed by atoms with Crippen molar-refractivity contribution in [1.29, 1.82) is 0 Å². The third kappa shape index (κ3) is 5.35. The summed E-state index contributed by atoms with van der Waals surface area (Å²) in [5.41, 5.74) is 1.29. The number of carbonyl (C=O) groups is 1. The van der Waals surface area contributed by atoms with Crippen LogP contribution in [0.25, 0.3) is 17.4 Å². The third-order valence-corrected chi connectivity index (χ3v) is 8.28. The van der Waals surface area contributed by atoms with Crippen molar-refractivity contribution in [3.05, 3.63) is 99.9 Å². The van der Waals surface area contributed by atoms with Gasteiger partial charge in [0.1, 0.15) is 11.5 Å². The van der Waals surface area contributed by atoms with Crippen LogP contribution >= 0.6 is 22.9 Å². The van der Waals surface area contributed by atoms with Gasteiger partial charge in [0.15, 0.2) is 22.1 Å². The van der Waals surface area contributed by atoms with E-state index in [1.807, 2.05) is 0 Å². The highest BCUT2D eigenvalue weighted by Gasteiger charge is 2.33. The average Bonchev–Trinajstić information content (AvgIpc) is 3.59. The van der Waals surface area contributed by atoms with Crippen LogP contribution in [-0.2, 0) is 4.79 Å². The molecule has 0 aliphatic carbocycles. The van der Waals surface area contributed by atoms with Gasteiger partial charge in [0.2, 0.25) is 5.75 Å². The first-order chi connectivity index (χ1) is 20.6. The molecule has 1 aliphatic rings. The van der Waals surface area contributed by atoms with E-state index < -0.39 is 11.0 Å². The molecule has 3 heterocycles. The Morgan fingerprint density at radius 3 is 2.44 bits per heavy atom. The number of halogens is 1. The van der Waals surface area contributed by atoms with Crippen LogP contribution in [0.3, 0.4) is 0 Å². The van der Waals surface area contributed by atoms with Gasteiger partial charge in [0.05, 0.1) is 41.8 Å². The number of thiazole rings is 1. The van der Waals surface area contributed by atoms with E-state index in [1.165, 1.54) is 44.1 Å². The van der Waals surface area contributed by atoms with Crippen molar-refractivity contribution in [3.63, 3.8) is 0 Å². The van der Waals surface area contributed by atoms with Crippen molar-refractivity contribution in [3.8, 4) is 28.6 Å². The van der Waals surface area contributed by atoms with Crippen LogP contribution in [0.5, 0.6) is 17.2 Å². The molecule has 0 bridgehead atoms. The molecule has 11 nitrogen and oxygen atoms in total. The number of nitrogens with zero attached hydrogens (tertiary/aromatic N) is 3. The van der Waals surface area contributed by atoms with Crippen LogP contribution in [-0.4, -0.2) is 36.6 Å². The number of furan rings is 1. The molecule has 43 heavy (non-hydrogen) atoms. The fraction of sp³-hybridized carbons (Fsp3) is 0.233. The standard InChI is InChI=1S/C30H26ClN3O8S/c1-6-21(35)26-15(2)32-30-33(27(26)16-11-23(39-3)28(41-5)24(12-16)40-4)29(36)25(43-30)14-18-8-10-22(42-18)19-13-17(34(37)38)7-9-20(19)31/h7-14,27H,6H2,1-5H3/b25-14-. The van der Waals surface area contributed by atoms with E-state index in [-0.39, 0.29) is 28.5 Å². The molecule has 5 rings (SSSR count). The highest BCUT2D eigenvalue weighted by atomic mass is 35.5. The number of benzene rings is 2. The molecule has 222 valence electrons. The molecule has 4 aromatic rings. The zero-order chi connectivity index (χ0) is 31.0. The maximum atomic E-state index is 14.0. The minimum Gasteiger partial charge on any atom is -0.493 e. The summed E-state index contributed by atoms with van der Waals surface area (Å²) in [7, 11) is 4.47. The average molecular weight is 624 g/mol. The summed E-state index contributed by atoms with van der Waals surface area (Å²) in [6.07, 6.45) is 1.77. The minimum atomic E-state index is -0.810. The second-order valence-corrected chi connectivity index (χ2v) is 10.9. The summed E-state index contributed by atoms with van der Waals surface area (Å²) in [4.78, 5) is 43.0. The second kappa shape index (κ2) is 11.9. The largest absolute Gasteiger partial charge is 0.493 e. The molecule has 0 spiro atoms. The number of ether oxygens (including phenoxy) is 3. The Morgan fingerprint density at radius 1 is 1.14 bits per heavy atom. The number of hydrogen-bond acceptors (Lipinski definition) is 10. The smallest absolute Gasteiger partial charge is 0.271 e. The molecule has 0 amide bonds. The molecule has 1 aliphatic heterocycles.